The van der Waals surface area contributed by atoms with Crippen LogP contribution in [0.25, 0.3) is 5.69 Å². The molecule has 1 saturated heterocycles. The summed E-state index contributed by atoms with van der Waals surface area (Å²) < 4.78 is 7.11. The minimum atomic E-state index is 0.00233. The third kappa shape index (κ3) is 3.37. The summed E-state index contributed by atoms with van der Waals surface area (Å²) in [5.74, 6) is 1.72. The second-order valence-electron chi connectivity index (χ2n) is 5.75. The lowest BCUT2D eigenvalue weighted by Gasteiger charge is -2.29. The van der Waals surface area contributed by atoms with Crippen molar-refractivity contribution in [3.05, 3.63) is 41.7 Å². The van der Waals surface area contributed by atoms with E-state index in [2.05, 4.69) is 12.0 Å². The minimum absolute atomic E-state index is 0.00233. The zero-order valence-corrected chi connectivity index (χ0v) is 14.5. The van der Waals surface area contributed by atoms with Crippen LogP contribution in [0.3, 0.4) is 0 Å². The lowest BCUT2D eigenvalue weighted by molar-refractivity contribution is 0.0756. The van der Waals surface area contributed by atoms with Gasteiger partial charge in [-0.25, -0.2) is 4.68 Å². The van der Waals surface area contributed by atoms with Crippen molar-refractivity contribution in [2.24, 2.45) is 0 Å². The van der Waals surface area contributed by atoms with Gasteiger partial charge in [0.15, 0.2) is 5.69 Å². The van der Waals surface area contributed by atoms with Crippen LogP contribution in [0, 0.1) is 6.92 Å². The van der Waals surface area contributed by atoms with Crippen LogP contribution in [0.4, 0.5) is 0 Å². The summed E-state index contributed by atoms with van der Waals surface area (Å²) in [4.78, 5) is 14.5. The van der Waals surface area contributed by atoms with Crippen molar-refractivity contribution in [2.75, 3.05) is 26.0 Å². The molecule has 2 aromatic rings. The number of aromatic nitrogens is 2. The predicted molar refractivity (Wildman–Crippen MR) is 92.7 cm³/mol. The molecule has 2 heterocycles. The van der Waals surface area contributed by atoms with Crippen molar-refractivity contribution >= 4 is 17.7 Å². The van der Waals surface area contributed by atoms with E-state index >= 15 is 0 Å². The first-order chi connectivity index (χ1) is 11.1. The van der Waals surface area contributed by atoms with Crippen LogP contribution in [0.1, 0.15) is 23.0 Å². The molecule has 1 aliphatic heterocycles. The molecule has 23 heavy (non-hydrogen) atoms. The fourth-order valence-corrected chi connectivity index (χ4v) is 3.73. The van der Waals surface area contributed by atoms with E-state index < -0.39 is 0 Å². The molecule has 3 rings (SSSR count). The molecule has 0 saturated carbocycles. The smallest absolute Gasteiger partial charge is 0.274 e. The summed E-state index contributed by atoms with van der Waals surface area (Å²) >= 11 is 1.91. The zero-order chi connectivity index (χ0) is 16.4. The van der Waals surface area contributed by atoms with E-state index in [0.717, 1.165) is 35.8 Å². The quantitative estimate of drug-likeness (QED) is 0.868. The highest BCUT2D eigenvalue weighted by atomic mass is 32.2. The fraction of sp³-hybridized carbons (Fsp3) is 0.412. The first-order valence-corrected chi connectivity index (χ1v) is 8.75. The van der Waals surface area contributed by atoms with Gasteiger partial charge in [0.25, 0.3) is 5.91 Å². The van der Waals surface area contributed by atoms with Gasteiger partial charge in [-0.05, 0) is 30.7 Å². The second kappa shape index (κ2) is 6.66. The van der Waals surface area contributed by atoms with Gasteiger partial charge in [-0.2, -0.15) is 16.9 Å². The normalized spacial score (nSPS) is 18.0. The molecule has 0 spiro atoms. The highest BCUT2D eigenvalue weighted by Gasteiger charge is 2.24. The molecule has 1 aromatic heterocycles. The first-order valence-electron chi connectivity index (χ1n) is 7.70. The Labute approximate surface area is 140 Å². The van der Waals surface area contributed by atoms with Crippen LogP contribution in [-0.2, 0) is 0 Å². The number of methoxy groups -OCH3 is 1. The SMILES string of the molecule is COc1ccc(C)cc1-n1ccc(C(=O)N2CCSC(C)C2)n1. The van der Waals surface area contributed by atoms with Crippen LogP contribution in [0.15, 0.2) is 30.5 Å². The molecule has 122 valence electrons. The molecular weight excluding hydrogens is 310 g/mol. The number of benzene rings is 1. The Kier molecular flexibility index (Phi) is 4.61. The van der Waals surface area contributed by atoms with Crippen LogP contribution in [0.2, 0.25) is 0 Å². The molecule has 0 N–H and O–H groups in total. The Hall–Kier alpha value is -1.95. The highest BCUT2D eigenvalue weighted by Crippen LogP contribution is 2.24. The summed E-state index contributed by atoms with van der Waals surface area (Å²) in [7, 11) is 1.64. The highest BCUT2D eigenvalue weighted by molar-refractivity contribution is 7.99. The fourth-order valence-electron chi connectivity index (χ4n) is 2.72. The molecule has 0 radical (unpaired) electrons. The number of aryl methyl sites for hydroxylation is 1. The molecular formula is C17H21N3O2S. The zero-order valence-electron chi connectivity index (χ0n) is 13.7. The minimum Gasteiger partial charge on any atom is -0.494 e. The Bertz CT molecular complexity index is 714. The van der Waals surface area contributed by atoms with Gasteiger partial charge in [0.2, 0.25) is 0 Å². The molecule has 1 amide bonds. The van der Waals surface area contributed by atoms with E-state index in [9.17, 15) is 4.79 Å². The summed E-state index contributed by atoms with van der Waals surface area (Å²) in [6.45, 7) is 5.74. The Morgan fingerprint density at radius 1 is 1.39 bits per heavy atom. The molecule has 0 aliphatic carbocycles. The number of nitrogens with zero attached hydrogens (tertiary/aromatic N) is 3. The number of thioether (sulfide) groups is 1. The lowest BCUT2D eigenvalue weighted by Crippen LogP contribution is -2.41. The van der Waals surface area contributed by atoms with Gasteiger partial charge in [-0.15, -0.1) is 0 Å². The Balaban J connectivity index is 1.86. The maximum Gasteiger partial charge on any atom is 0.274 e. The molecule has 1 aliphatic rings. The molecule has 6 heteroatoms. The van der Waals surface area contributed by atoms with E-state index in [-0.39, 0.29) is 5.91 Å². The third-order valence-electron chi connectivity index (χ3n) is 3.92. The topological polar surface area (TPSA) is 47.4 Å². The first kappa shape index (κ1) is 15.9. The average Bonchev–Trinajstić information content (AvgIpc) is 3.04. The summed E-state index contributed by atoms with van der Waals surface area (Å²) in [5.41, 5.74) is 2.44. The van der Waals surface area contributed by atoms with Gasteiger partial charge < -0.3 is 9.64 Å². The van der Waals surface area contributed by atoms with Crippen molar-refractivity contribution in [2.45, 2.75) is 19.1 Å². The van der Waals surface area contributed by atoms with Gasteiger partial charge >= 0.3 is 0 Å². The van der Waals surface area contributed by atoms with E-state index in [1.54, 1.807) is 17.9 Å². The summed E-state index contributed by atoms with van der Waals surface area (Å²) in [6.07, 6.45) is 1.81. The molecule has 5 nitrogen and oxygen atoms in total. The number of amides is 1. The van der Waals surface area contributed by atoms with E-state index in [0.29, 0.717) is 10.9 Å². The van der Waals surface area contributed by atoms with Crippen molar-refractivity contribution in [1.82, 2.24) is 14.7 Å². The summed E-state index contributed by atoms with van der Waals surface area (Å²) in [6, 6.07) is 7.68. The largest absolute Gasteiger partial charge is 0.494 e. The Morgan fingerprint density at radius 2 is 2.22 bits per heavy atom. The number of hydrogen-bond acceptors (Lipinski definition) is 4. The van der Waals surface area contributed by atoms with E-state index in [4.69, 9.17) is 4.74 Å². The third-order valence-corrected chi connectivity index (χ3v) is 5.05. The standard InChI is InChI=1S/C17H21N3O2S/c1-12-4-5-16(22-3)15(10-12)20-7-6-14(18-20)17(21)19-8-9-23-13(2)11-19/h4-7,10,13H,8-9,11H2,1-3H3. The maximum absolute atomic E-state index is 12.6. The molecule has 1 atom stereocenters. The molecule has 1 fully saturated rings. The molecule has 1 aromatic carbocycles. The Morgan fingerprint density at radius 3 is 2.96 bits per heavy atom. The number of ether oxygens (including phenoxy) is 1. The number of rotatable bonds is 3. The van der Waals surface area contributed by atoms with Crippen molar-refractivity contribution in [3.8, 4) is 11.4 Å². The average molecular weight is 331 g/mol. The van der Waals surface area contributed by atoms with E-state index in [1.807, 2.05) is 48.0 Å². The number of carbonyl (C=O) groups excluding carboxylic acids is 1. The predicted octanol–water partition coefficient (Wildman–Crippen LogP) is 2.77. The van der Waals surface area contributed by atoms with Crippen LogP contribution >= 0.6 is 11.8 Å². The molecule has 1 unspecified atom stereocenters. The summed E-state index contributed by atoms with van der Waals surface area (Å²) in [5, 5.41) is 4.95. The van der Waals surface area contributed by atoms with Crippen LogP contribution < -0.4 is 4.74 Å². The maximum atomic E-state index is 12.6. The van der Waals surface area contributed by atoms with Gasteiger partial charge in [0, 0.05) is 30.3 Å². The van der Waals surface area contributed by atoms with E-state index in [1.165, 1.54) is 0 Å². The number of carbonyl (C=O) groups is 1. The second-order valence-corrected chi connectivity index (χ2v) is 7.30. The van der Waals surface area contributed by atoms with Crippen molar-refractivity contribution < 1.29 is 9.53 Å². The van der Waals surface area contributed by atoms with Crippen molar-refractivity contribution in [3.63, 3.8) is 0 Å². The lowest BCUT2D eigenvalue weighted by atomic mass is 10.2. The van der Waals surface area contributed by atoms with Gasteiger partial charge in [-0.1, -0.05) is 13.0 Å². The van der Waals surface area contributed by atoms with Gasteiger partial charge in [-0.3, -0.25) is 4.79 Å². The van der Waals surface area contributed by atoms with Crippen LogP contribution in [-0.4, -0.2) is 51.8 Å². The van der Waals surface area contributed by atoms with Gasteiger partial charge in [0.05, 0.1) is 7.11 Å². The van der Waals surface area contributed by atoms with Gasteiger partial charge in [0.1, 0.15) is 11.4 Å². The number of hydrogen-bond donors (Lipinski definition) is 0. The molecule has 0 bridgehead atoms. The van der Waals surface area contributed by atoms with Crippen LogP contribution in [0.5, 0.6) is 5.75 Å². The monoisotopic (exact) mass is 331 g/mol. The van der Waals surface area contributed by atoms with Crippen molar-refractivity contribution in [1.29, 1.82) is 0 Å².